The second-order valence-corrected chi connectivity index (χ2v) is 7.28. The summed E-state index contributed by atoms with van der Waals surface area (Å²) in [6.45, 7) is 4.96. The largest absolute Gasteiger partial charge is 0.285 e. The molecule has 0 saturated heterocycles. The standard InChI is InChI=1S/C14H26N2O3S/c1-3-4-5-6-7-8-9-15-10-11-16(13-15)12-14(2)20(17,18)19/h10-11,13-14H,3-9,12H2,1-2H3/p+1. The molecule has 0 aliphatic carbocycles. The maximum absolute atomic E-state index is 11.0. The van der Waals surface area contributed by atoms with Crippen LogP contribution in [0.2, 0.25) is 0 Å². The first-order chi connectivity index (χ1) is 9.43. The Balaban J connectivity index is 2.29. The molecule has 0 aliphatic heterocycles. The second-order valence-electron chi connectivity index (χ2n) is 5.44. The zero-order valence-corrected chi connectivity index (χ0v) is 13.3. The summed E-state index contributed by atoms with van der Waals surface area (Å²) in [6.07, 6.45) is 13.3. The molecular weight excluding hydrogens is 276 g/mol. The van der Waals surface area contributed by atoms with E-state index in [1.165, 1.54) is 39.0 Å². The fourth-order valence-electron chi connectivity index (χ4n) is 2.14. The number of aromatic nitrogens is 2. The smallest absolute Gasteiger partial charge is 0.271 e. The van der Waals surface area contributed by atoms with Crippen molar-refractivity contribution < 1.29 is 17.5 Å². The lowest BCUT2D eigenvalue weighted by Crippen LogP contribution is -2.40. The highest BCUT2D eigenvalue weighted by Gasteiger charge is 2.20. The van der Waals surface area contributed by atoms with E-state index in [0.29, 0.717) is 0 Å². The number of rotatable bonds is 10. The second kappa shape index (κ2) is 8.42. The van der Waals surface area contributed by atoms with Crippen LogP contribution in [-0.4, -0.2) is 22.8 Å². The molecule has 1 rings (SSSR count). The Kier molecular flexibility index (Phi) is 7.23. The van der Waals surface area contributed by atoms with E-state index >= 15 is 0 Å². The van der Waals surface area contributed by atoms with E-state index in [-0.39, 0.29) is 6.54 Å². The van der Waals surface area contributed by atoms with Gasteiger partial charge < -0.3 is 0 Å². The van der Waals surface area contributed by atoms with Gasteiger partial charge in [-0.3, -0.25) is 4.55 Å². The molecule has 0 amide bonds. The summed E-state index contributed by atoms with van der Waals surface area (Å²) in [5, 5.41) is -0.780. The van der Waals surface area contributed by atoms with Crippen LogP contribution in [-0.2, 0) is 23.2 Å². The molecule has 1 unspecified atom stereocenters. The average Bonchev–Trinajstić information content (AvgIpc) is 2.80. The van der Waals surface area contributed by atoms with Gasteiger partial charge in [0.2, 0.25) is 6.33 Å². The van der Waals surface area contributed by atoms with Crippen LogP contribution in [0.1, 0.15) is 52.4 Å². The predicted octanol–water partition coefficient (Wildman–Crippen LogP) is 2.41. The van der Waals surface area contributed by atoms with Crippen LogP contribution in [0.15, 0.2) is 18.7 Å². The fraction of sp³-hybridized carbons (Fsp3) is 0.786. The maximum Gasteiger partial charge on any atom is 0.271 e. The number of unbranched alkanes of at least 4 members (excludes halogenated alkanes) is 5. The van der Waals surface area contributed by atoms with E-state index in [4.69, 9.17) is 4.55 Å². The summed E-state index contributed by atoms with van der Waals surface area (Å²) in [5.41, 5.74) is 0. The van der Waals surface area contributed by atoms with Gasteiger partial charge in [-0.05, 0) is 19.8 Å². The first-order valence-electron chi connectivity index (χ1n) is 7.44. The highest BCUT2D eigenvalue weighted by Crippen LogP contribution is 2.06. The van der Waals surface area contributed by atoms with E-state index in [9.17, 15) is 8.42 Å². The van der Waals surface area contributed by atoms with Gasteiger partial charge in [0.15, 0.2) is 0 Å². The molecule has 116 valence electrons. The molecule has 1 aromatic heterocycles. The summed E-state index contributed by atoms with van der Waals surface area (Å²) in [5.74, 6) is 0. The topological polar surface area (TPSA) is 63.2 Å². The molecule has 0 spiro atoms. The van der Waals surface area contributed by atoms with Gasteiger partial charge in [-0.1, -0.05) is 32.6 Å². The van der Waals surface area contributed by atoms with Crippen molar-refractivity contribution in [2.24, 2.45) is 0 Å². The summed E-state index contributed by atoms with van der Waals surface area (Å²) in [4.78, 5) is 0. The first-order valence-corrected chi connectivity index (χ1v) is 8.95. The normalized spacial score (nSPS) is 13.6. The number of nitrogens with zero attached hydrogens (tertiary/aromatic N) is 2. The molecule has 0 fully saturated rings. The van der Waals surface area contributed by atoms with Crippen LogP contribution in [0.25, 0.3) is 0 Å². The summed E-state index contributed by atoms with van der Waals surface area (Å²) in [7, 11) is -3.95. The van der Waals surface area contributed by atoms with E-state index in [1.54, 1.807) is 4.57 Å². The molecule has 1 heterocycles. The molecule has 1 atom stereocenters. The molecule has 6 heteroatoms. The van der Waals surface area contributed by atoms with Crippen LogP contribution in [0, 0.1) is 0 Å². The third-order valence-electron chi connectivity index (χ3n) is 3.49. The van der Waals surface area contributed by atoms with Crippen molar-refractivity contribution in [1.82, 2.24) is 4.57 Å². The van der Waals surface area contributed by atoms with Crippen molar-refractivity contribution in [1.29, 1.82) is 0 Å². The van der Waals surface area contributed by atoms with Crippen molar-refractivity contribution in [2.45, 2.75) is 70.7 Å². The maximum atomic E-state index is 11.0. The number of aryl methyl sites for hydroxylation is 1. The SMILES string of the molecule is CCCCCCCCn1cc[n+](CC(C)S(=O)(=O)O)c1. The van der Waals surface area contributed by atoms with E-state index in [2.05, 4.69) is 11.5 Å². The van der Waals surface area contributed by atoms with Gasteiger partial charge in [-0.2, -0.15) is 8.42 Å². The number of hydrogen-bond acceptors (Lipinski definition) is 2. The van der Waals surface area contributed by atoms with E-state index in [0.717, 1.165) is 13.0 Å². The number of hydrogen-bond donors (Lipinski definition) is 1. The third-order valence-corrected chi connectivity index (χ3v) is 4.66. The van der Waals surface area contributed by atoms with Crippen molar-refractivity contribution >= 4 is 10.1 Å². The predicted molar refractivity (Wildman–Crippen MR) is 79.0 cm³/mol. The molecule has 1 N–H and O–H groups in total. The van der Waals surface area contributed by atoms with Gasteiger partial charge in [0, 0.05) is 0 Å². The summed E-state index contributed by atoms with van der Waals surface area (Å²) in [6, 6.07) is 0. The highest BCUT2D eigenvalue weighted by atomic mass is 32.2. The molecule has 5 nitrogen and oxygen atoms in total. The average molecular weight is 303 g/mol. The van der Waals surface area contributed by atoms with Crippen LogP contribution in [0.3, 0.4) is 0 Å². The Morgan fingerprint density at radius 3 is 2.50 bits per heavy atom. The monoisotopic (exact) mass is 303 g/mol. The molecule has 0 saturated carbocycles. The Hall–Kier alpha value is -0.880. The van der Waals surface area contributed by atoms with Gasteiger partial charge in [0.1, 0.15) is 24.2 Å². The molecule has 20 heavy (non-hydrogen) atoms. The molecule has 0 bridgehead atoms. The summed E-state index contributed by atoms with van der Waals surface area (Å²) >= 11 is 0. The number of imidazole rings is 1. The lowest BCUT2D eigenvalue weighted by atomic mass is 10.1. The Morgan fingerprint density at radius 2 is 1.85 bits per heavy atom. The molecular formula is C14H27N2O3S+. The summed E-state index contributed by atoms with van der Waals surface area (Å²) < 4.78 is 34.8. The van der Waals surface area contributed by atoms with Crippen LogP contribution < -0.4 is 4.57 Å². The highest BCUT2D eigenvalue weighted by molar-refractivity contribution is 7.86. The molecule has 0 aliphatic rings. The van der Waals surface area contributed by atoms with Crippen LogP contribution in [0.4, 0.5) is 0 Å². The van der Waals surface area contributed by atoms with Gasteiger partial charge in [-0.25, -0.2) is 9.13 Å². The van der Waals surface area contributed by atoms with Gasteiger partial charge in [0.05, 0.1) is 6.54 Å². The van der Waals surface area contributed by atoms with E-state index in [1.807, 2.05) is 18.7 Å². The minimum absolute atomic E-state index is 0.280. The minimum Gasteiger partial charge on any atom is -0.285 e. The zero-order valence-electron chi connectivity index (χ0n) is 12.5. The first kappa shape index (κ1) is 17.2. The molecule has 0 aromatic carbocycles. The quantitative estimate of drug-likeness (QED) is 0.410. The molecule has 1 aromatic rings. The van der Waals surface area contributed by atoms with Gasteiger partial charge in [0.25, 0.3) is 10.1 Å². The Morgan fingerprint density at radius 1 is 1.20 bits per heavy atom. The lowest BCUT2D eigenvalue weighted by molar-refractivity contribution is -0.695. The molecule has 0 radical (unpaired) electrons. The van der Waals surface area contributed by atoms with Crippen LogP contribution >= 0.6 is 0 Å². The Bertz CT molecular complexity index is 482. The van der Waals surface area contributed by atoms with Crippen molar-refractivity contribution in [3.05, 3.63) is 18.7 Å². The third kappa shape index (κ3) is 6.52. The fourth-order valence-corrected chi connectivity index (χ4v) is 2.51. The zero-order chi connectivity index (χ0) is 15.0. The van der Waals surface area contributed by atoms with Crippen molar-refractivity contribution in [3.63, 3.8) is 0 Å². The lowest BCUT2D eigenvalue weighted by Gasteiger charge is -2.04. The van der Waals surface area contributed by atoms with E-state index < -0.39 is 15.4 Å². The van der Waals surface area contributed by atoms with Crippen molar-refractivity contribution in [3.8, 4) is 0 Å². The Labute approximate surface area is 122 Å². The van der Waals surface area contributed by atoms with Crippen LogP contribution in [0.5, 0.6) is 0 Å². The van der Waals surface area contributed by atoms with Gasteiger partial charge >= 0.3 is 0 Å². The minimum atomic E-state index is -3.95. The van der Waals surface area contributed by atoms with Gasteiger partial charge in [-0.15, -0.1) is 0 Å². The van der Waals surface area contributed by atoms with Crippen molar-refractivity contribution in [2.75, 3.05) is 0 Å².